The second-order valence-electron chi connectivity index (χ2n) is 5.66. The molecule has 0 fully saturated rings. The van der Waals surface area contributed by atoms with E-state index in [0.29, 0.717) is 12.5 Å². The van der Waals surface area contributed by atoms with Crippen molar-refractivity contribution in [1.29, 1.82) is 0 Å². The van der Waals surface area contributed by atoms with Crippen LogP contribution in [0.15, 0.2) is 60.7 Å². The van der Waals surface area contributed by atoms with Gasteiger partial charge in [-0.2, -0.15) is 0 Å². The van der Waals surface area contributed by atoms with Crippen LogP contribution in [-0.4, -0.2) is 16.4 Å². The van der Waals surface area contributed by atoms with Crippen molar-refractivity contribution in [2.45, 2.75) is 38.0 Å². The summed E-state index contributed by atoms with van der Waals surface area (Å²) in [5.41, 5.74) is 2.74. The molecule has 0 aromatic heterocycles. The standard InChI is InChI=1S/C19H25O3P/c20-23(21)22-16-10-2-1-9-15-19(17-11-5-3-6-12-17)18-13-7-4-8-14-18/h3-8,11-14,19-21H,1-2,9-10,15-16H2. The molecule has 4 heteroatoms. The van der Waals surface area contributed by atoms with Crippen LogP contribution in [0.4, 0.5) is 0 Å². The Morgan fingerprint density at radius 1 is 0.739 bits per heavy atom. The molecule has 0 aliphatic rings. The maximum Gasteiger partial charge on any atom is 0.327 e. The third kappa shape index (κ3) is 6.80. The molecule has 3 nitrogen and oxygen atoms in total. The first-order chi connectivity index (χ1) is 11.3. The van der Waals surface area contributed by atoms with Crippen LogP contribution in [0.2, 0.25) is 0 Å². The normalized spacial score (nSPS) is 11.3. The lowest BCUT2D eigenvalue weighted by atomic mass is 9.87. The highest BCUT2D eigenvalue weighted by Crippen LogP contribution is 2.30. The van der Waals surface area contributed by atoms with Crippen LogP contribution in [-0.2, 0) is 4.52 Å². The highest BCUT2D eigenvalue weighted by Gasteiger charge is 2.13. The van der Waals surface area contributed by atoms with Crippen molar-refractivity contribution in [3.05, 3.63) is 71.8 Å². The highest BCUT2D eigenvalue weighted by atomic mass is 31.2. The Morgan fingerprint density at radius 2 is 1.26 bits per heavy atom. The Morgan fingerprint density at radius 3 is 1.78 bits per heavy atom. The highest BCUT2D eigenvalue weighted by molar-refractivity contribution is 7.39. The van der Waals surface area contributed by atoms with E-state index in [9.17, 15) is 0 Å². The zero-order valence-electron chi connectivity index (χ0n) is 13.3. The van der Waals surface area contributed by atoms with Crippen LogP contribution in [0.25, 0.3) is 0 Å². The van der Waals surface area contributed by atoms with Crippen molar-refractivity contribution in [3.8, 4) is 0 Å². The van der Waals surface area contributed by atoms with Crippen LogP contribution in [0.1, 0.15) is 49.1 Å². The monoisotopic (exact) mass is 332 g/mol. The minimum absolute atomic E-state index is 0.430. The van der Waals surface area contributed by atoms with Gasteiger partial charge < -0.3 is 14.3 Å². The third-order valence-corrected chi connectivity index (χ3v) is 4.41. The molecule has 2 N–H and O–H groups in total. The molecule has 0 atom stereocenters. The summed E-state index contributed by atoms with van der Waals surface area (Å²) < 4.78 is 4.78. The van der Waals surface area contributed by atoms with Crippen LogP contribution in [0.5, 0.6) is 0 Å². The van der Waals surface area contributed by atoms with Gasteiger partial charge in [-0.15, -0.1) is 0 Å². The molecular weight excluding hydrogens is 307 g/mol. The summed E-state index contributed by atoms with van der Waals surface area (Å²) in [5.74, 6) is 0.441. The van der Waals surface area contributed by atoms with E-state index < -0.39 is 8.60 Å². The summed E-state index contributed by atoms with van der Waals surface area (Å²) in [6.45, 7) is 0.430. The number of hydrogen-bond donors (Lipinski definition) is 2. The number of benzene rings is 2. The summed E-state index contributed by atoms with van der Waals surface area (Å²) in [7, 11) is -2.20. The van der Waals surface area contributed by atoms with Crippen LogP contribution < -0.4 is 0 Å². The van der Waals surface area contributed by atoms with Gasteiger partial charge in [0.15, 0.2) is 0 Å². The first kappa shape index (κ1) is 18.1. The minimum Gasteiger partial charge on any atom is -0.328 e. The summed E-state index contributed by atoms with van der Waals surface area (Å²) in [5, 5.41) is 0. The van der Waals surface area contributed by atoms with Gasteiger partial charge in [-0.05, 0) is 24.0 Å². The maximum absolute atomic E-state index is 8.68. The fourth-order valence-corrected chi connectivity index (χ4v) is 3.14. The predicted molar refractivity (Wildman–Crippen MR) is 95.1 cm³/mol. The SMILES string of the molecule is OP(O)OCCCCCCC(c1ccccc1)c1ccccc1. The lowest BCUT2D eigenvalue weighted by molar-refractivity contribution is 0.248. The van der Waals surface area contributed by atoms with E-state index in [4.69, 9.17) is 14.3 Å². The van der Waals surface area contributed by atoms with Crippen molar-refractivity contribution < 1.29 is 14.3 Å². The smallest absolute Gasteiger partial charge is 0.327 e. The molecule has 2 aromatic carbocycles. The Bertz CT molecular complexity index is 491. The Balaban J connectivity index is 1.82. The molecule has 2 rings (SSSR count). The minimum atomic E-state index is -2.20. The van der Waals surface area contributed by atoms with E-state index in [0.717, 1.165) is 32.1 Å². The number of unbranched alkanes of at least 4 members (excludes halogenated alkanes) is 3. The zero-order chi connectivity index (χ0) is 16.3. The molecule has 0 radical (unpaired) electrons. The fraction of sp³-hybridized carbons (Fsp3) is 0.368. The molecule has 0 aliphatic carbocycles. The quantitative estimate of drug-likeness (QED) is 0.476. The summed E-state index contributed by atoms with van der Waals surface area (Å²) in [4.78, 5) is 17.4. The molecule has 0 heterocycles. The second kappa shape index (κ2) is 10.5. The van der Waals surface area contributed by atoms with E-state index in [1.807, 2.05) is 0 Å². The number of hydrogen-bond acceptors (Lipinski definition) is 3. The van der Waals surface area contributed by atoms with Gasteiger partial charge in [-0.1, -0.05) is 79.9 Å². The zero-order valence-corrected chi connectivity index (χ0v) is 14.2. The molecular formula is C19H25O3P. The van der Waals surface area contributed by atoms with Gasteiger partial charge in [0.25, 0.3) is 0 Å². The molecule has 0 aliphatic heterocycles. The molecule has 2 aromatic rings. The summed E-state index contributed by atoms with van der Waals surface area (Å²) in [6.07, 6.45) is 5.35. The summed E-state index contributed by atoms with van der Waals surface area (Å²) in [6, 6.07) is 21.3. The second-order valence-corrected chi connectivity index (χ2v) is 6.43. The molecule has 0 spiro atoms. The van der Waals surface area contributed by atoms with Gasteiger partial charge in [-0.3, -0.25) is 0 Å². The molecule has 0 amide bonds. The third-order valence-electron chi connectivity index (χ3n) is 4.00. The topological polar surface area (TPSA) is 49.7 Å². The van der Waals surface area contributed by atoms with E-state index >= 15 is 0 Å². The van der Waals surface area contributed by atoms with Gasteiger partial charge in [0.2, 0.25) is 0 Å². The van der Waals surface area contributed by atoms with Gasteiger partial charge in [0.1, 0.15) is 0 Å². The Kier molecular flexibility index (Phi) is 8.27. The van der Waals surface area contributed by atoms with Crippen LogP contribution in [0.3, 0.4) is 0 Å². The average Bonchev–Trinajstić information content (AvgIpc) is 2.59. The lowest BCUT2D eigenvalue weighted by Crippen LogP contribution is -2.01. The van der Waals surface area contributed by atoms with Crippen molar-refractivity contribution in [3.63, 3.8) is 0 Å². The van der Waals surface area contributed by atoms with E-state index in [2.05, 4.69) is 60.7 Å². The van der Waals surface area contributed by atoms with Crippen LogP contribution >= 0.6 is 8.60 Å². The Labute approximate surface area is 140 Å². The largest absolute Gasteiger partial charge is 0.328 e. The van der Waals surface area contributed by atoms with Crippen molar-refractivity contribution >= 4 is 8.60 Å². The van der Waals surface area contributed by atoms with Gasteiger partial charge in [-0.25, -0.2) is 0 Å². The van der Waals surface area contributed by atoms with Gasteiger partial charge in [0.05, 0.1) is 6.61 Å². The van der Waals surface area contributed by atoms with Gasteiger partial charge >= 0.3 is 8.60 Å². The molecule has 0 bridgehead atoms. The van der Waals surface area contributed by atoms with Crippen molar-refractivity contribution in [1.82, 2.24) is 0 Å². The van der Waals surface area contributed by atoms with E-state index in [-0.39, 0.29) is 0 Å². The molecule has 0 saturated heterocycles. The van der Waals surface area contributed by atoms with E-state index in [1.165, 1.54) is 11.1 Å². The summed E-state index contributed by atoms with van der Waals surface area (Å²) >= 11 is 0. The molecule has 0 saturated carbocycles. The fourth-order valence-electron chi connectivity index (χ4n) is 2.85. The molecule has 0 unspecified atom stereocenters. The average molecular weight is 332 g/mol. The Hall–Kier alpha value is -1.25. The first-order valence-corrected chi connectivity index (χ1v) is 9.34. The lowest BCUT2D eigenvalue weighted by Gasteiger charge is -2.18. The predicted octanol–water partition coefficient (Wildman–Crippen LogP) is 5.00. The maximum atomic E-state index is 8.68. The molecule has 124 valence electrons. The molecule has 23 heavy (non-hydrogen) atoms. The number of rotatable bonds is 10. The van der Waals surface area contributed by atoms with E-state index in [1.54, 1.807) is 0 Å². The van der Waals surface area contributed by atoms with Crippen molar-refractivity contribution in [2.24, 2.45) is 0 Å². The van der Waals surface area contributed by atoms with Gasteiger partial charge in [0, 0.05) is 5.92 Å². The van der Waals surface area contributed by atoms with Crippen molar-refractivity contribution in [2.75, 3.05) is 6.61 Å². The first-order valence-electron chi connectivity index (χ1n) is 8.18. The van der Waals surface area contributed by atoms with Crippen LogP contribution in [0, 0.1) is 0 Å².